The molecule has 0 aliphatic heterocycles. The summed E-state index contributed by atoms with van der Waals surface area (Å²) in [6.07, 6.45) is 8.37. The van der Waals surface area contributed by atoms with E-state index in [0.29, 0.717) is 12.2 Å². The number of ether oxygens (including phenoxy) is 1. The third-order valence-corrected chi connectivity index (χ3v) is 6.10. The molecular formula is C13H28O2Si. The summed E-state index contributed by atoms with van der Waals surface area (Å²) >= 11 is 0. The van der Waals surface area contributed by atoms with Crippen molar-refractivity contribution in [2.75, 3.05) is 7.11 Å². The molecule has 3 heteroatoms. The zero-order valence-corrected chi connectivity index (χ0v) is 12.4. The summed E-state index contributed by atoms with van der Waals surface area (Å²) in [6.45, 7) is 6.99. The third kappa shape index (κ3) is 4.98. The standard InChI is InChI=1S/C13H28O2Si/c1-5-6-11-16(3,4)15-13-9-7-12(14-2)8-10-13/h12-13H,5-11H2,1-4H3. The lowest BCUT2D eigenvalue weighted by Gasteiger charge is -2.34. The van der Waals surface area contributed by atoms with Gasteiger partial charge in [0.1, 0.15) is 0 Å². The number of hydrogen-bond acceptors (Lipinski definition) is 2. The second-order valence-corrected chi connectivity index (χ2v) is 9.87. The van der Waals surface area contributed by atoms with Gasteiger partial charge in [-0.1, -0.05) is 19.8 Å². The normalized spacial score (nSPS) is 27.0. The summed E-state index contributed by atoms with van der Waals surface area (Å²) < 4.78 is 11.7. The van der Waals surface area contributed by atoms with E-state index in [1.54, 1.807) is 0 Å². The van der Waals surface area contributed by atoms with E-state index in [1.165, 1.54) is 44.6 Å². The molecule has 1 fully saturated rings. The molecule has 1 aliphatic carbocycles. The molecule has 0 aromatic carbocycles. The van der Waals surface area contributed by atoms with Gasteiger partial charge in [-0.3, -0.25) is 0 Å². The summed E-state index contributed by atoms with van der Waals surface area (Å²) in [5.74, 6) is 0. The quantitative estimate of drug-likeness (QED) is 0.658. The van der Waals surface area contributed by atoms with E-state index in [2.05, 4.69) is 20.0 Å². The topological polar surface area (TPSA) is 18.5 Å². The maximum atomic E-state index is 6.36. The van der Waals surface area contributed by atoms with Crippen LogP contribution >= 0.6 is 0 Å². The smallest absolute Gasteiger partial charge is 0.187 e. The van der Waals surface area contributed by atoms with Crippen LogP contribution < -0.4 is 0 Å². The number of hydrogen-bond donors (Lipinski definition) is 0. The maximum Gasteiger partial charge on any atom is 0.187 e. The van der Waals surface area contributed by atoms with Gasteiger partial charge in [0, 0.05) is 13.2 Å². The monoisotopic (exact) mass is 244 g/mol. The van der Waals surface area contributed by atoms with Crippen LogP contribution in [0.5, 0.6) is 0 Å². The minimum Gasteiger partial charge on any atom is -0.414 e. The molecule has 0 heterocycles. The fourth-order valence-electron chi connectivity index (χ4n) is 2.50. The lowest BCUT2D eigenvalue weighted by atomic mass is 9.95. The van der Waals surface area contributed by atoms with Crippen molar-refractivity contribution < 1.29 is 9.16 Å². The second-order valence-electron chi connectivity index (χ2n) is 5.62. The maximum absolute atomic E-state index is 6.36. The molecule has 0 bridgehead atoms. The van der Waals surface area contributed by atoms with Crippen LogP contribution in [0.2, 0.25) is 19.1 Å². The van der Waals surface area contributed by atoms with E-state index >= 15 is 0 Å². The Bertz CT molecular complexity index is 186. The number of methoxy groups -OCH3 is 1. The highest BCUT2D eigenvalue weighted by molar-refractivity contribution is 6.71. The Morgan fingerprint density at radius 2 is 1.62 bits per heavy atom. The number of rotatable bonds is 6. The first kappa shape index (κ1) is 14.2. The van der Waals surface area contributed by atoms with Gasteiger partial charge in [0.25, 0.3) is 0 Å². The molecule has 16 heavy (non-hydrogen) atoms. The molecule has 0 radical (unpaired) electrons. The summed E-state index contributed by atoms with van der Waals surface area (Å²) in [5, 5.41) is 0. The van der Waals surface area contributed by atoms with Gasteiger partial charge in [0.05, 0.1) is 6.10 Å². The van der Waals surface area contributed by atoms with Crippen molar-refractivity contribution in [3.05, 3.63) is 0 Å². The molecule has 0 aromatic heterocycles. The molecule has 2 nitrogen and oxygen atoms in total. The van der Waals surface area contributed by atoms with Crippen molar-refractivity contribution in [3.63, 3.8) is 0 Å². The average Bonchev–Trinajstić information content (AvgIpc) is 2.27. The minimum atomic E-state index is -1.38. The van der Waals surface area contributed by atoms with Crippen LogP contribution in [0.1, 0.15) is 45.4 Å². The Morgan fingerprint density at radius 3 is 2.12 bits per heavy atom. The summed E-state index contributed by atoms with van der Waals surface area (Å²) in [6, 6.07) is 1.31. The van der Waals surface area contributed by atoms with Crippen molar-refractivity contribution in [2.45, 2.75) is 76.8 Å². The predicted octanol–water partition coefficient (Wildman–Crippen LogP) is 3.97. The van der Waals surface area contributed by atoms with E-state index in [1.807, 2.05) is 7.11 Å². The summed E-state index contributed by atoms with van der Waals surface area (Å²) in [7, 11) is 0.440. The Hall–Kier alpha value is 0.137. The molecule has 0 saturated heterocycles. The van der Waals surface area contributed by atoms with Crippen molar-refractivity contribution >= 4 is 8.32 Å². The van der Waals surface area contributed by atoms with E-state index in [-0.39, 0.29) is 0 Å². The van der Waals surface area contributed by atoms with Crippen LogP contribution in [-0.4, -0.2) is 27.6 Å². The molecule has 1 rings (SSSR count). The van der Waals surface area contributed by atoms with Crippen LogP contribution in [0.4, 0.5) is 0 Å². The fourth-order valence-corrected chi connectivity index (χ4v) is 4.96. The van der Waals surface area contributed by atoms with Gasteiger partial charge in [0.2, 0.25) is 0 Å². The van der Waals surface area contributed by atoms with Crippen molar-refractivity contribution in [3.8, 4) is 0 Å². The van der Waals surface area contributed by atoms with Gasteiger partial charge in [-0.25, -0.2) is 0 Å². The highest BCUT2D eigenvalue weighted by Crippen LogP contribution is 2.27. The second kappa shape index (κ2) is 6.77. The average molecular weight is 244 g/mol. The molecule has 0 atom stereocenters. The molecule has 1 aliphatic rings. The van der Waals surface area contributed by atoms with Gasteiger partial charge in [0.15, 0.2) is 8.32 Å². The van der Waals surface area contributed by atoms with Gasteiger partial charge in [-0.05, 0) is 44.8 Å². The number of unbranched alkanes of at least 4 members (excludes halogenated alkanes) is 1. The van der Waals surface area contributed by atoms with Crippen LogP contribution in [0, 0.1) is 0 Å². The van der Waals surface area contributed by atoms with E-state index in [0.717, 1.165) is 0 Å². The molecule has 0 unspecified atom stereocenters. The van der Waals surface area contributed by atoms with Crippen molar-refractivity contribution in [1.82, 2.24) is 0 Å². The molecular weight excluding hydrogens is 216 g/mol. The van der Waals surface area contributed by atoms with Crippen molar-refractivity contribution in [1.29, 1.82) is 0 Å². The first-order chi connectivity index (χ1) is 7.57. The highest BCUT2D eigenvalue weighted by atomic mass is 28.4. The van der Waals surface area contributed by atoms with Crippen LogP contribution in [-0.2, 0) is 9.16 Å². The Balaban J connectivity index is 2.26. The fraction of sp³-hybridized carbons (Fsp3) is 1.00. The first-order valence-corrected chi connectivity index (χ1v) is 9.89. The lowest BCUT2D eigenvalue weighted by Crippen LogP contribution is -2.38. The Labute approximate surface area is 102 Å². The highest BCUT2D eigenvalue weighted by Gasteiger charge is 2.29. The van der Waals surface area contributed by atoms with Gasteiger partial charge >= 0.3 is 0 Å². The zero-order chi connectivity index (χ0) is 12.0. The largest absolute Gasteiger partial charge is 0.414 e. The Morgan fingerprint density at radius 1 is 1.06 bits per heavy atom. The van der Waals surface area contributed by atoms with Crippen LogP contribution in [0.25, 0.3) is 0 Å². The Kier molecular flexibility index (Phi) is 6.01. The van der Waals surface area contributed by atoms with Crippen molar-refractivity contribution in [2.24, 2.45) is 0 Å². The molecule has 0 N–H and O–H groups in total. The summed E-state index contributed by atoms with van der Waals surface area (Å²) in [5.41, 5.74) is 0. The molecule has 1 saturated carbocycles. The van der Waals surface area contributed by atoms with Crippen LogP contribution in [0.3, 0.4) is 0 Å². The van der Waals surface area contributed by atoms with E-state index in [4.69, 9.17) is 9.16 Å². The third-order valence-electron chi connectivity index (χ3n) is 3.57. The molecule has 96 valence electrons. The van der Waals surface area contributed by atoms with Gasteiger partial charge in [-0.15, -0.1) is 0 Å². The van der Waals surface area contributed by atoms with Gasteiger partial charge < -0.3 is 9.16 Å². The zero-order valence-electron chi connectivity index (χ0n) is 11.4. The lowest BCUT2D eigenvalue weighted by molar-refractivity contribution is 0.0299. The SMILES string of the molecule is CCCC[Si](C)(C)OC1CCC(OC)CC1. The molecule has 0 amide bonds. The minimum absolute atomic E-state index is 0.486. The van der Waals surface area contributed by atoms with E-state index in [9.17, 15) is 0 Å². The molecule has 0 aromatic rings. The summed E-state index contributed by atoms with van der Waals surface area (Å²) in [4.78, 5) is 0. The van der Waals surface area contributed by atoms with E-state index < -0.39 is 8.32 Å². The predicted molar refractivity (Wildman–Crippen MR) is 71.3 cm³/mol. The molecule has 0 spiro atoms. The van der Waals surface area contributed by atoms with Crippen LogP contribution in [0.15, 0.2) is 0 Å². The first-order valence-electron chi connectivity index (χ1n) is 6.78. The van der Waals surface area contributed by atoms with Gasteiger partial charge in [-0.2, -0.15) is 0 Å².